The zero-order valence-electron chi connectivity index (χ0n) is 10.5. The minimum absolute atomic E-state index is 0.736. The van der Waals surface area contributed by atoms with Crippen LogP contribution >= 0.6 is 0 Å². The van der Waals surface area contributed by atoms with Crippen LogP contribution < -0.4 is 11.1 Å². The van der Waals surface area contributed by atoms with Crippen LogP contribution in [0.5, 0.6) is 0 Å². The Bertz CT molecular complexity index is 184. The highest BCUT2D eigenvalue weighted by molar-refractivity contribution is 4.79. The molecule has 3 nitrogen and oxygen atoms in total. The number of nitrogens with two attached hydrogens (primary N) is 1. The Hall–Kier alpha value is -0.120. The van der Waals surface area contributed by atoms with Crippen LogP contribution in [0.3, 0.4) is 0 Å². The van der Waals surface area contributed by atoms with Gasteiger partial charge >= 0.3 is 0 Å². The summed E-state index contributed by atoms with van der Waals surface area (Å²) < 4.78 is 0. The maximum atomic E-state index is 5.97. The summed E-state index contributed by atoms with van der Waals surface area (Å²) in [5, 5.41) is 3.44. The van der Waals surface area contributed by atoms with Crippen LogP contribution in [0.2, 0.25) is 0 Å². The summed E-state index contributed by atoms with van der Waals surface area (Å²) in [6.45, 7) is 7.13. The molecule has 94 valence electrons. The molecule has 0 saturated carbocycles. The van der Waals surface area contributed by atoms with Crippen molar-refractivity contribution < 1.29 is 0 Å². The predicted octanol–water partition coefficient (Wildman–Crippen LogP) is 1.05. The standard InChI is InChI=1S/C13H27N3/c14-10-13(12-4-6-15-7-5-12)11-16-8-2-1-3-9-16/h12-13,15H,1-11,14H2. The highest BCUT2D eigenvalue weighted by Gasteiger charge is 2.24. The van der Waals surface area contributed by atoms with Gasteiger partial charge in [-0.25, -0.2) is 0 Å². The molecule has 2 saturated heterocycles. The van der Waals surface area contributed by atoms with Gasteiger partial charge in [0.05, 0.1) is 0 Å². The van der Waals surface area contributed by atoms with Crippen molar-refractivity contribution in [3.05, 3.63) is 0 Å². The Morgan fingerprint density at radius 1 is 1.12 bits per heavy atom. The average molecular weight is 225 g/mol. The average Bonchev–Trinajstić information content (AvgIpc) is 2.38. The number of hydrogen-bond donors (Lipinski definition) is 2. The number of rotatable bonds is 4. The van der Waals surface area contributed by atoms with E-state index in [0.29, 0.717) is 0 Å². The zero-order chi connectivity index (χ0) is 11.2. The number of likely N-dealkylation sites (tertiary alicyclic amines) is 1. The van der Waals surface area contributed by atoms with Crippen molar-refractivity contribution in [1.29, 1.82) is 0 Å². The van der Waals surface area contributed by atoms with Gasteiger partial charge in [-0.1, -0.05) is 6.42 Å². The summed E-state index contributed by atoms with van der Waals surface area (Å²) >= 11 is 0. The number of nitrogens with zero attached hydrogens (tertiary/aromatic N) is 1. The van der Waals surface area contributed by atoms with Gasteiger partial charge in [0.15, 0.2) is 0 Å². The van der Waals surface area contributed by atoms with Gasteiger partial charge in [0.2, 0.25) is 0 Å². The van der Waals surface area contributed by atoms with E-state index in [-0.39, 0.29) is 0 Å². The largest absolute Gasteiger partial charge is 0.330 e. The van der Waals surface area contributed by atoms with Crippen LogP contribution in [0.1, 0.15) is 32.1 Å². The molecule has 0 aliphatic carbocycles. The molecule has 2 aliphatic rings. The maximum absolute atomic E-state index is 5.97. The molecular weight excluding hydrogens is 198 g/mol. The van der Waals surface area contributed by atoms with E-state index in [1.165, 1.54) is 64.8 Å². The second kappa shape index (κ2) is 6.58. The van der Waals surface area contributed by atoms with Gasteiger partial charge in [0.1, 0.15) is 0 Å². The van der Waals surface area contributed by atoms with Crippen molar-refractivity contribution >= 4 is 0 Å². The minimum atomic E-state index is 0.736. The quantitative estimate of drug-likeness (QED) is 0.751. The third-order valence-electron chi connectivity index (χ3n) is 4.29. The number of hydrogen-bond acceptors (Lipinski definition) is 3. The lowest BCUT2D eigenvalue weighted by Gasteiger charge is -2.35. The van der Waals surface area contributed by atoms with Crippen LogP contribution in [-0.2, 0) is 0 Å². The molecular formula is C13H27N3. The van der Waals surface area contributed by atoms with E-state index < -0.39 is 0 Å². The fourth-order valence-electron chi connectivity index (χ4n) is 3.21. The zero-order valence-corrected chi connectivity index (χ0v) is 10.5. The van der Waals surface area contributed by atoms with E-state index >= 15 is 0 Å². The van der Waals surface area contributed by atoms with E-state index in [9.17, 15) is 0 Å². The second-order valence-electron chi connectivity index (χ2n) is 5.44. The van der Waals surface area contributed by atoms with Crippen molar-refractivity contribution in [3.63, 3.8) is 0 Å². The third kappa shape index (κ3) is 3.44. The Labute approximate surface area is 99.8 Å². The smallest absolute Gasteiger partial charge is 0.00244 e. The first-order chi connectivity index (χ1) is 7.90. The molecule has 0 amide bonds. The molecule has 0 aromatic heterocycles. The molecule has 16 heavy (non-hydrogen) atoms. The Morgan fingerprint density at radius 3 is 2.44 bits per heavy atom. The van der Waals surface area contributed by atoms with Crippen molar-refractivity contribution in [2.24, 2.45) is 17.6 Å². The van der Waals surface area contributed by atoms with Crippen molar-refractivity contribution in [2.75, 3.05) is 39.3 Å². The molecule has 0 bridgehead atoms. The monoisotopic (exact) mass is 225 g/mol. The molecule has 2 heterocycles. The summed E-state index contributed by atoms with van der Waals surface area (Å²) in [6.07, 6.45) is 6.87. The van der Waals surface area contributed by atoms with Gasteiger partial charge in [0, 0.05) is 6.54 Å². The normalized spacial score (nSPS) is 26.8. The van der Waals surface area contributed by atoms with Crippen LogP contribution in [0, 0.1) is 11.8 Å². The Balaban J connectivity index is 1.78. The Kier molecular flexibility index (Phi) is 5.07. The van der Waals surface area contributed by atoms with Crippen LogP contribution in [0.4, 0.5) is 0 Å². The lowest BCUT2D eigenvalue weighted by molar-refractivity contribution is 0.152. The number of piperidine rings is 2. The third-order valence-corrected chi connectivity index (χ3v) is 4.29. The molecule has 0 aromatic rings. The van der Waals surface area contributed by atoms with Gasteiger partial charge in [-0.3, -0.25) is 0 Å². The first-order valence-electron chi connectivity index (χ1n) is 7.03. The molecule has 2 aliphatic heterocycles. The Morgan fingerprint density at radius 2 is 1.81 bits per heavy atom. The lowest BCUT2D eigenvalue weighted by atomic mass is 9.84. The first kappa shape index (κ1) is 12.3. The van der Waals surface area contributed by atoms with Crippen LogP contribution in [0.15, 0.2) is 0 Å². The summed E-state index contributed by atoms with van der Waals surface area (Å²) in [4.78, 5) is 2.64. The van der Waals surface area contributed by atoms with Gasteiger partial charge in [-0.15, -0.1) is 0 Å². The van der Waals surface area contributed by atoms with Gasteiger partial charge in [-0.2, -0.15) is 0 Å². The molecule has 0 spiro atoms. The van der Waals surface area contributed by atoms with E-state index in [1.54, 1.807) is 0 Å². The lowest BCUT2D eigenvalue weighted by Crippen LogP contribution is -2.42. The molecule has 0 radical (unpaired) electrons. The van der Waals surface area contributed by atoms with Crippen LogP contribution in [-0.4, -0.2) is 44.2 Å². The van der Waals surface area contributed by atoms with Crippen molar-refractivity contribution in [1.82, 2.24) is 10.2 Å². The summed E-state index contributed by atoms with van der Waals surface area (Å²) in [5.74, 6) is 1.60. The first-order valence-corrected chi connectivity index (χ1v) is 7.03. The molecule has 1 atom stereocenters. The van der Waals surface area contributed by atoms with Crippen molar-refractivity contribution in [3.8, 4) is 0 Å². The highest BCUT2D eigenvalue weighted by Crippen LogP contribution is 2.23. The summed E-state index contributed by atoms with van der Waals surface area (Å²) in [6, 6.07) is 0. The molecule has 2 fully saturated rings. The maximum Gasteiger partial charge on any atom is 0.00244 e. The highest BCUT2D eigenvalue weighted by atomic mass is 15.1. The molecule has 3 N–H and O–H groups in total. The van der Waals surface area contributed by atoms with E-state index in [4.69, 9.17) is 5.73 Å². The van der Waals surface area contributed by atoms with E-state index in [2.05, 4.69) is 10.2 Å². The molecule has 1 unspecified atom stereocenters. The second-order valence-corrected chi connectivity index (χ2v) is 5.44. The summed E-state index contributed by atoms with van der Waals surface area (Å²) in [7, 11) is 0. The summed E-state index contributed by atoms with van der Waals surface area (Å²) in [5.41, 5.74) is 5.97. The minimum Gasteiger partial charge on any atom is -0.330 e. The van der Waals surface area contributed by atoms with Gasteiger partial charge in [-0.05, 0) is 70.2 Å². The topological polar surface area (TPSA) is 41.3 Å². The van der Waals surface area contributed by atoms with Gasteiger partial charge < -0.3 is 16.0 Å². The fraction of sp³-hybridized carbons (Fsp3) is 1.00. The van der Waals surface area contributed by atoms with E-state index in [0.717, 1.165) is 18.4 Å². The molecule has 0 aromatic carbocycles. The SMILES string of the molecule is NCC(CN1CCCCC1)C1CCNCC1. The van der Waals surface area contributed by atoms with E-state index in [1.807, 2.05) is 0 Å². The van der Waals surface area contributed by atoms with Gasteiger partial charge in [0.25, 0.3) is 0 Å². The van der Waals surface area contributed by atoms with Crippen molar-refractivity contribution in [2.45, 2.75) is 32.1 Å². The molecule has 2 rings (SSSR count). The molecule has 3 heteroatoms. The fourth-order valence-corrected chi connectivity index (χ4v) is 3.21. The van der Waals surface area contributed by atoms with Crippen LogP contribution in [0.25, 0.3) is 0 Å². The predicted molar refractivity (Wildman–Crippen MR) is 68.4 cm³/mol. The number of nitrogens with one attached hydrogen (secondary N) is 1.